The Balaban J connectivity index is 0.00000240. The highest BCUT2D eigenvalue weighted by Gasteiger charge is 2.21. The zero-order valence-electron chi connectivity index (χ0n) is 17.2. The average molecular weight is 510 g/mol. The van der Waals surface area contributed by atoms with Crippen molar-refractivity contribution in [2.24, 2.45) is 5.73 Å². The molecule has 170 valence electrons. The maximum absolute atomic E-state index is 14.2. The van der Waals surface area contributed by atoms with Gasteiger partial charge in [0.2, 0.25) is 10.0 Å². The fraction of sp³-hybridized carbons (Fsp3) is 0.250. The van der Waals surface area contributed by atoms with Gasteiger partial charge in [-0.05, 0) is 37.3 Å². The van der Waals surface area contributed by atoms with Crippen LogP contribution in [-0.4, -0.2) is 42.9 Å². The number of benzene rings is 1. The highest BCUT2D eigenvalue weighted by molar-refractivity contribution is 7.89. The number of hydrogen-bond acceptors (Lipinski definition) is 4. The molecular weight excluding hydrogens is 486 g/mol. The van der Waals surface area contributed by atoms with Crippen LogP contribution in [0.15, 0.2) is 53.5 Å². The number of pyridine rings is 1. The Labute approximate surface area is 198 Å². The predicted molar refractivity (Wildman–Crippen MR) is 129 cm³/mol. The van der Waals surface area contributed by atoms with E-state index in [0.29, 0.717) is 10.6 Å². The molecule has 11 heteroatoms. The molecule has 0 radical (unpaired) electrons. The summed E-state index contributed by atoms with van der Waals surface area (Å²) in [5.41, 5.74) is 8.33. The molecule has 0 saturated carbocycles. The van der Waals surface area contributed by atoms with Crippen molar-refractivity contribution in [1.82, 2.24) is 13.9 Å². The Morgan fingerprint density at radius 3 is 2.55 bits per heavy atom. The third-order valence-electron chi connectivity index (χ3n) is 4.71. The summed E-state index contributed by atoms with van der Waals surface area (Å²) in [5, 5.41) is 1.32. The summed E-state index contributed by atoms with van der Waals surface area (Å²) in [6.45, 7) is 1.98. The smallest absolute Gasteiger partial charge is 0.244 e. The summed E-state index contributed by atoms with van der Waals surface area (Å²) in [5.74, 6) is -0.351. The Hall–Kier alpha value is -1.68. The van der Waals surface area contributed by atoms with Crippen molar-refractivity contribution < 1.29 is 12.8 Å². The maximum Gasteiger partial charge on any atom is 0.244 e. The van der Waals surface area contributed by atoms with E-state index in [4.69, 9.17) is 17.3 Å². The number of rotatable bonds is 6. The van der Waals surface area contributed by atoms with E-state index in [1.54, 1.807) is 24.4 Å². The van der Waals surface area contributed by atoms with E-state index >= 15 is 0 Å². The van der Waals surface area contributed by atoms with Crippen LogP contribution in [0.1, 0.15) is 5.69 Å². The standard InChI is InChI=1S/C20H22ClFN4O2S.2ClH/c1-13-20(14-8-17(11-24-10-14)29(27,28)25(2)3)18-9-15(21)4-5-19(18)26(13)12-16(22)6-7-23;;/h4-6,8-11H,7,12,23H2,1-3H3;2*1H. The normalized spacial score (nSPS) is 12.0. The number of nitrogens with zero attached hydrogens (tertiary/aromatic N) is 3. The SMILES string of the molecule is Cc1c(-c2cncc(S(=O)(=O)N(C)C)c2)c2cc(Cl)ccc2n1CC(F)=CCN.Cl.Cl. The first-order valence-corrected chi connectivity index (χ1v) is 10.7. The summed E-state index contributed by atoms with van der Waals surface area (Å²) in [6, 6.07) is 6.91. The number of nitrogens with two attached hydrogens (primary N) is 1. The van der Waals surface area contributed by atoms with Gasteiger partial charge in [0.15, 0.2) is 0 Å². The molecule has 3 aromatic rings. The molecule has 3 rings (SSSR count). The van der Waals surface area contributed by atoms with Crippen LogP contribution >= 0.6 is 36.4 Å². The van der Waals surface area contributed by atoms with Gasteiger partial charge in [0.25, 0.3) is 0 Å². The van der Waals surface area contributed by atoms with E-state index in [1.807, 2.05) is 17.6 Å². The summed E-state index contributed by atoms with van der Waals surface area (Å²) >= 11 is 6.21. The van der Waals surface area contributed by atoms with E-state index < -0.39 is 10.0 Å². The summed E-state index contributed by atoms with van der Waals surface area (Å²) in [6.07, 6.45) is 4.23. The molecule has 6 nitrogen and oxygen atoms in total. The molecule has 0 spiro atoms. The summed E-state index contributed by atoms with van der Waals surface area (Å²) in [4.78, 5) is 4.21. The van der Waals surface area contributed by atoms with E-state index in [1.165, 1.54) is 26.4 Å². The topological polar surface area (TPSA) is 81.2 Å². The molecule has 0 saturated heterocycles. The summed E-state index contributed by atoms with van der Waals surface area (Å²) < 4.78 is 42.2. The molecule has 1 aromatic carbocycles. The van der Waals surface area contributed by atoms with Crippen molar-refractivity contribution in [3.05, 3.63) is 59.3 Å². The van der Waals surface area contributed by atoms with Crippen LogP contribution in [0.25, 0.3) is 22.0 Å². The van der Waals surface area contributed by atoms with Crippen molar-refractivity contribution in [2.75, 3.05) is 20.6 Å². The molecule has 0 aliphatic rings. The van der Waals surface area contributed by atoms with Crippen LogP contribution in [0.2, 0.25) is 5.02 Å². The van der Waals surface area contributed by atoms with E-state index in [2.05, 4.69) is 4.98 Å². The number of halogens is 4. The lowest BCUT2D eigenvalue weighted by Crippen LogP contribution is -2.22. The van der Waals surface area contributed by atoms with E-state index in [-0.39, 0.29) is 48.6 Å². The average Bonchev–Trinajstić information content (AvgIpc) is 2.92. The monoisotopic (exact) mass is 508 g/mol. The number of aromatic nitrogens is 2. The van der Waals surface area contributed by atoms with Gasteiger partial charge in [-0.3, -0.25) is 4.98 Å². The molecule has 2 heterocycles. The Kier molecular flexibility index (Phi) is 9.50. The van der Waals surface area contributed by atoms with Crippen LogP contribution in [0.4, 0.5) is 4.39 Å². The first kappa shape index (κ1) is 27.4. The minimum absolute atomic E-state index is 0. The lowest BCUT2D eigenvalue weighted by molar-refractivity contribution is 0.520. The lowest BCUT2D eigenvalue weighted by atomic mass is 10.0. The van der Waals surface area contributed by atoms with Gasteiger partial charge < -0.3 is 10.3 Å². The second-order valence-electron chi connectivity index (χ2n) is 6.79. The quantitative estimate of drug-likeness (QED) is 0.528. The highest BCUT2D eigenvalue weighted by Crippen LogP contribution is 2.37. The zero-order chi connectivity index (χ0) is 21.3. The van der Waals surface area contributed by atoms with Gasteiger partial charge >= 0.3 is 0 Å². The Bertz CT molecular complexity index is 1210. The Morgan fingerprint density at radius 2 is 1.94 bits per heavy atom. The predicted octanol–water partition coefficient (Wildman–Crippen LogP) is 4.57. The number of sulfonamides is 1. The fourth-order valence-electron chi connectivity index (χ4n) is 3.27. The van der Waals surface area contributed by atoms with Gasteiger partial charge in [-0.2, -0.15) is 0 Å². The van der Waals surface area contributed by atoms with Crippen LogP contribution in [0.5, 0.6) is 0 Å². The van der Waals surface area contributed by atoms with E-state index in [0.717, 1.165) is 26.5 Å². The second-order valence-corrected chi connectivity index (χ2v) is 9.38. The molecule has 2 aromatic heterocycles. The van der Waals surface area contributed by atoms with Crippen LogP contribution in [-0.2, 0) is 16.6 Å². The van der Waals surface area contributed by atoms with Crippen LogP contribution in [0, 0.1) is 6.92 Å². The van der Waals surface area contributed by atoms with Crippen molar-refractivity contribution in [3.8, 4) is 11.1 Å². The van der Waals surface area contributed by atoms with Gasteiger partial charge in [0, 0.05) is 65.8 Å². The lowest BCUT2D eigenvalue weighted by Gasteiger charge is -2.12. The first-order chi connectivity index (χ1) is 13.7. The molecule has 0 atom stereocenters. The highest BCUT2D eigenvalue weighted by atomic mass is 35.5. The third kappa shape index (κ3) is 5.39. The maximum atomic E-state index is 14.2. The Morgan fingerprint density at radius 1 is 1.26 bits per heavy atom. The summed E-state index contributed by atoms with van der Waals surface area (Å²) in [7, 11) is -0.719. The fourth-order valence-corrected chi connectivity index (χ4v) is 4.34. The minimum atomic E-state index is -3.65. The molecule has 0 aliphatic carbocycles. The third-order valence-corrected chi connectivity index (χ3v) is 6.73. The van der Waals surface area contributed by atoms with Crippen molar-refractivity contribution in [1.29, 1.82) is 0 Å². The minimum Gasteiger partial charge on any atom is -0.337 e. The van der Waals surface area contributed by atoms with Crippen molar-refractivity contribution in [2.45, 2.75) is 18.4 Å². The van der Waals surface area contributed by atoms with Crippen LogP contribution < -0.4 is 5.73 Å². The van der Waals surface area contributed by atoms with Crippen LogP contribution in [0.3, 0.4) is 0 Å². The molecule has 2 N–H and O–H groups in total. The van der Waals surface area contributed by atoms with Gasteiger partial charge in [-0.25, -0.2) is 17.1 Å². The first-order valence-electron chi connectivity index (χ1n) is 8.87. The molecule has 0 unspecified atom stereocenters. The van der Waals surface area contributed by atoms with Crippen molar-refractivity contribution >= 4 is 57.3 Å². The van der Waals surface area contributed by atoms with Gasteiger partial charge in [-0.15, -0.1) is 24.8 Å². The van der Waals surface area contributed by atoms with Gasteiger partial charge in [0.1, 0.15) is 10.7 Å². The van der Waals surface area contributed by atoms with Crippen molar-refractivity contribution in [3.63, 3.8) is 0 Å². The molecule has 0 amide bonds. The molecule has 0 fully saturated rings. The zero-order valence-corrected chi connectivity index (χ0v) is 20.4. The molecular formula is C20H24Cl3FN4O2S. The second kappa shape index (κ2) is 10.8. The number of fused-ring (bicyclic) bond motifs is 1. The van der Waals surface area contributed by atoms with E-state index in [9.17, 15) is 12.8 Å². The largest absolute Gasteiger partial charge is 0.337 e. The van der Waals surface area contributed by atoms with Gasteiger partial charge in [0.05, 0.1) is 6.54 Å². The molecule has 0 bridgehead atoms. The molecule has 0 aliphatic heterocycles. The number of allylic oxidation sites excluding steroid dienone is 1. The number of hydrogen-bond donors (Lipinski definition) is 1. The molecule has 31 heavy (non-hydrogen) atoms. The van der Waals surface area contributed by atoms with Gasteiger partial charge in [-0.1, -0.05) is 11.6 Å².